The molecular formula is C103H158BrMgN15O11S2Si3. The van der Waals surface area contributed by atoms with E-state index in [4.69, 9.17) is 49.8 Å². The molecule has 136 heavy (non-hydrogen) atoms. The van der Waals surface area contributed by atoms with Crippen molar-refractivity contribution < 1.29 is 67.3 Å². The van der Waals surface area contributed by atoms with E-state index in [1.165, 1.54) is 16.4 Å². The Kier molecular flexibility index (Phi) is 51.3. The van der Waals surface area contributed by atoms with Crippen molar-refractivity contribution in [2.75, 3.05) is 39.3 Å². The number of azide groups is 3. The molecule has 3 fully saturated rings. The van der Waals surface area contributed by atoms with E-state index in [0.29, 0.717) is 110 Å². The van der Waals surface area contributed by atoms with Crippen molar-refractivity contribution in [3.05, 3.63) is 258 Å². The average Bonchev–Trinajstić information content (AvgIpc) is 1.29. The van der Waals surface area contributed by atoms with Crippen molar-refractivity contribution in [2.45, 2.75) is 321 Å². The number of nitrogens with zero attached hydrogens (tertiary/aromatic N) is 13. The van der Waals surface area contributed by atoms with Gasteiger partial charge in [0.2, 0.25) is 0 Å². The van der Waals surface area contributed by atoms with Crippen molar-refractivity contribution >= 4 is 126 Å². The Balaban J connectivity index is 0.000000671. The first kappa shape index (κ1) is 124. The Bertz CT molecular complexity index is 4770. The number of ether oxygens (including phenoxy) is 3. The van der Waals surface area contributed by atoms with Gasteiger partial charge in [0.05, 0.1) is 50.9 Å². The second kappa shape index (κ2) is 56.3. The van der Waals surface area contributed by atoms with E-state index in [1.807, 2.05) is 130 Å². The molecule has 0 saturated carbocycles. The molecular weight excluding hydrogens is 1880 g/mol. The number of halogens is 1. The predicted octanol–water partition coefficient (Wildman–Crippen LogP) is 18.4. The van der Waals surface area contributed by atoms with Gasteiger partial charge in [0.15, 0.2) is 16.8 Å². The van der Waals surface area contributed by atoms with Crippen LogP contribution >= 0.6 is 0 Å². The molecule has 3 saturated heterocycles. The Morgan fingerprint density at radius 1 is 0.471 bits per heavy atom. The van der Waals surface area contributed by atoms with Crippen LogP contribution in [0.5, 0.6) is 0 Å². The number of benzene rings is 6. The van der Waals surface area contributed by atoms with Gasteiger partial charge in [0, 0.05) is 72.3 Å². The first-order valence-corrected chi connectivity index (χ1v) is 54.2. The Hall–Kier alpha value is -8.18. The molecule has 6 aromatic rings. The van der Waals surface area contributed by atoms with Crippen LogP contribution < -0.4 is 58.6 Å². The van der Waals surface area contributed by atoms with E-state index in [9.17, 15) is 22.8 Å². The molecule has 3 aliphatic rings. The van der Waals surface area contributed by atoms with E-state index >= 15 is 0 Å². The molecule has 0 aromatic heterocycles. The van der Waals surface area contributed by atoms with E-state index in [2.05, 4.69) is 263 Å². The topological polar surface area (TPSA) is 347 Å². The molecule has 0 aliphatic carbocycles. The number of nitrogens with two attached hydrogens (primary N) is 1. The minimum atomic E-state index is -3.03. The summed E-state index contributed by atoms with van der Waals surface area (Å²) >= 11 is 0. The number of cyclic esters (lactones) is 3. The number of carbonyl (C=O) groups excluding carboxylic acids is 3. The van der Waals surface area contributed by atoms with Crippen molar-refractivity contribution in [3.63, 3.8) is 0 Å². The van der Waals surface area contributed by atoms with E-state index in [1.54, 1.807) is 33.1 Å². The van der Waals surface area contributed by atoms with Crippen LogP contribution in [-0.4, -0.2) is 210 Å². The fourth-order valence-corrected chi connectivity index (χ4v) is 34.5. The van der Waals surface area contributed by atoms with Gasteiger partial charge in [-0.3, -0.25) is 14.7 Å². The van der Waals surface area contributed by atoms with Crippen LogP contribution in [-0.2, 0) is 49.5 Å². The van der Waals surface area contributed by atoms with Crippen molar-refractivity contribution in [1.29, 1.82) is 0 Å². The maximum atomic E-state index is 13.9. The van der Waals surface area contributed by atoms with Gasteiger partial charge in [0.1, 0.15) is 17.0 Å². The van der Waals surface area contributed by atoms with Gasteiger partial charge in [-0.15, -0.1) is 13.2 Å². The van der Waals surface area contributed by atoms with Gasteiger partial charge in [0.25, 0.3) is 25.0 Å². The van der Waals surface area contributed by atoms with Crippen LogP contribution in [0.2, 0.25) is 15.1 Å². The maximum absolute atomic E-state index is 13.9. The summed E-state index contributed by atoms with van der Waals surface area (Å²) in [5.41, 5.74) is 29.5. The second-order valence-electron chi connectivity index (χ2n) is 39.3. The molecule has 0 radical (unpaired) electrons. The molecule has 13 atom stereocenters. The standard InChI is InChI=1S/C35H53N5O4SSi.C32H47N5O4SSi.C31H45N5O3Si.C3H5.2CH4.BrH.Mg/c1-10-20-29(38-45(42)33(3,4)5)31-35(9,43-32(41)40(31)26-19-18-25-37-39-36)30(11-2)44-46(34(6,7)8,27-21-14-12-15-22-27)28-23-16-13-17-24-28;1-9-28(41-43(31(5,6)7,25-18-12-10-13-19-25)26-20-14-11-15-21-26)32(8)27(24-35-42(39)30(2,3)4)37(29(38)40-32)23-17-16-22-34-36-33;1-7-17-26(32)28-31(6,38-29(37)36(28)23-16-15-22-34-35-33)27(8-2)39-40(30(3,4)5,24-18-11-9-12-19-24)25-20-13-10-14-21-25;1-3-2;;;;/h10,12-17,21-24,29-31,38H,1,11,18-20,25-26H2,2-9H3;10-15,18-21,24,27-28H,9,16-17,22-23H2,1-8H3;7,9-14,18-21,26-28H,1,8,15-17,22-23,32H2,2-6H3;3H,1-2H2;2*1H4;1H;/q;;;-1;;;;+2/p-1/t29-,30-,31-,35-,45+;27-,28-,32+,42+;26-,27-,28-,31-;;;;;/m111...../s1. The van der Waals surface area contributed by atoms with Crippen LogP contribution in [0.15, 0.2) is 240 Å². The second-order valence-corrected chi connectivity index (χ2v) is 56.0. The van der Waals surface area contributed by atoms with Crippen molar-refractivity contribution in [2.24, 2.45) is 25.5 Å². The molecule has 3 N–H and O–H groups in total. The van der Waals surface area contributed by atoms with Gasteiger partial charge in [-0.2, -0.15) is 4.40 Å². The summed E-state index contributed by atoms with van der Waals surface area (Å²) in [6, 6.07) is 60.2. The molecule has 3 aliphatic heterocycles. The number of amides is 3. The van der Waals surface area contributed by atoms with Crippen molar-refractivity contribution in [1.82, 2.24) is 19.4 Å². The summed E-state index contributed by atoms with van der Waals surface area (Å²) in [5, 5.41) is 17.0. The van der Waals surface area contributed by atoms with Crippen LogP contribution in [0.25, 0.3) is 31.3 Å². The molecule has 0 unspecified atom stereocenters. The fourth-order valence-electron chi connectivity index (χ4n) is 18.5. The monoisotopic (exact) mass is 2030 g/mol. The summed E-state index contributed by atoms with van der Waals surface area (Å²) in [5.74, 6) is 0. The van der Waals surface area contributed by atoms with Gasteiger partial charge in [-0.25, -0.2) is 47.1 Å². The number of unbranched alkanes of at least 4 members (excludes halogenated alkanes) is 3. The number of rotatable bonds is 43. The molecule has 0 spiro atoms. The number of nitrogens with one attached hydrogen (secondary N) is 1. The predicted molar refractivity (Wildman–Crippen MR) is 568 cm³/mol. The first-order chi connectivity index (χ1) is 62.4. The molecule has 0 bridgehead atoms. The smallest absolute Gasteiger partial charge is 1.00 e. The van der Waals surface area contributed by atoms with Gasteiger partial charge in [-0.1, -0.05) is 307 Å². The van der Waals surface area contributed by atoms with Gasteiger partial charge < -0.3 is 50.2 Å². The van der Waals surface area contributed by atoms with Crippen molar-refractivity contribution in [3.8, 4) is 0 Å². The number of allylic oxidation sites excluding steroid dienone is 1. The Labute approximate surface area is 849 Å². The van der Waals surface area contributed by atoms with E-state index < -0.39 is 128 Å². The summed E-state index contributed by atoms with van der Waals surface area (Å²) in [6.07, 6.45) is 10.6. The van der Waals surface area contributed by atoms with Crippen LogP contribution in [0.4, 0.5) is 14.4 Å². The molecule has 26 nitrogen and oxygen atoms in total. The SMILES string of the molecule is C.C.C=CC[C@@H](N)[C@H]1N(CCCCN=[N+]=[N-])C(=O)O[C@]1(C)[C@@H](CC)O[Si](c1ccccc1)(c1ccccc1)C(C)(C)C.C=CC[C@@H](N[S@@](=O)C(C)(C)C)[C@H]1N(CCCCN=[N+]=[N-])C(=O)O[C@]1(C)[C@@H](CC)O[Si](c1ccccc1)(c1ccccc1)C(C)(C)C.C=C[CH2-].CC[C@@H](O[Si](c1ccccc1)(c1ccccc1)C(C)(C)C)[C@@]1(C)OC(=O)N(CCCCN=[N+]=[N-])[C@@H]1C=N[S@@](=O)C(C)(C)C.[Br-].[Mg+2]. The quantitative estimate of drug-likeness (QED) is 0.00415. The van der Waals surface area contributed by atoms with Crippen LogP contribution in [0, 0.1) is 6.92 Å². The molecule has 3 heterocycles. The third-order valence-corrected chi connectivity index (χ3v) is 42.9. The zero-order chi connectivity index (χ0) is 98.2. The zero-order valence-electron chi connectivity index (χ0n) is 83.4. The first-order valence-electron chi connectivity index (χ1n) is 46.3. The molecule has 9 rings (SSSR count). The number of hydrogen-bond donors (Lipinski definition) is 2. The summed E-state index contributed by atoms with van der Waals surface area (Å²) in [6.45, 7) is 60.2. The van der Waals surface area contributed by atoms with Crippen LogP contribution in [0.3, 0.4) is 0 Å². The largest absolute Gasteiger partial charge is 2.00 e. The normalized spacial score (nSPS) is 19.9. The van der Waals surface area contributed by atoms with Gasteiger partial charge >= 0.3 is 41.3 Å². The molecule has 3 amide bonds. The third kappa shape index (κ3) is 30.2. The Morgan fingerprint density at radius 3 is 1.00 bits per heavy atom. The molecule has 33 heteroatoms. The molecule has 744 valence electrons. The van der Waals surface area contributed by atoms with E-state index in [-0.39, 0.29) is 82.1 Å². The summed E-state index contributed by atoms with van der Waals surface area (Å²) in [4.78, 5) is 54.5. The summed E-state index contributed by atoms with van der Waals surface area (Å²) in [7, 11) is -11.9. The van der Waals surface area contributed by atoms with Gasteiger partial charge in [-0.05, 0) is 196 Å². The molecule has 6 aromatic carbocycles. The third-order valence-electron chi connectivity index (χ3n) is 24.8. The maximum Gasteiger partial charge on any atom is 2.00 e. The minimum absolute atomic E-state index is 0. The zero-order valence-corrected chi connectivity index (χ0v) is 91.0. The average molecular weight is 2040 g/mol. The minimum Gasteiger partial charge on any atom is -1.00 e. The summed E-state index contributed by atoms with van der Waals surface area (Å²) < 4.78 is 75.0. The fraction of sp³-hybridized carbons (Fsp3) is 0.544. The number of hydrogen-bond acceptors (Lipinski definition) is 15. The number of carbonyl (C=O) groups is 3. The van der Waals surface area contributed by atoms with Crippen LogP contribution in [0.1, 0.15) is 231 Å². The van der Waals surface area contributed by atoms with E-state index in [0.717, 1.165) is 20.7 Å². The Morgan fingerprint density at radius 2 is 0.735 bits per heavy atom.